The van der Waals surface area contributed by atoms with Crippen molar-refractivity contribution in [1.29, 1.82) is 0 Å². The molecule has 36 heavy (non-hydrogen) atoms. The molecule has 0 saturated carbocycles. The minimum absolute atomic E-state index is 0.308. The van der Waals surface area contributed by atoms with Gasteiger partial charge in [0.15, 0.2) is 5.65 Å². The first-order valence-electron chi connectivity index (χ1n) is 12.4. The molecule has 1 saturated heterocycles. The number of aromatic nitrogens is 5. The van der Waals surface area contributed by atoms with Gasteiger partial charge in [-0.3, -0.25) is 0 Å². The second kappa shape index (κ2) is 9.54. The predicted octanol–water partition coefficient (Wildman–Crippen LogP) is 4.91. The van der Waals surface area contributed by atoms with Crippen LogP contribution in [0.25, 0.3) is 27.8 Å². The SMILES string of the molecule is CC(C)c1cnn2c(NCc3ccccc3-c3ccc4ccccc4n3)nc(N3CCOCC3)nc12. The molecule has 8 heteroatoms. The second-order valence-electron chi connectivity index (χ2n) is 9.34. The van der Waals surface area contributed by atoms with Crippen LogP contribution in [0.3, 0.4) is 0 Å². The van der Waals surface area contributed by atoms with Gasteiger partial charge in [0.25, 0.3) is 0 Å². The first-order valence-corrected chi connectivity index (χ1v) is 12.4. The summed E-state index contributed by atoms with van der Waals surface area (Å²) in [7, 11) is 0. The Labute approximate surface area is 210 Å². The summed E-state index contributed by atoms with van der Waals surface area (Å²) in [5, 5.41) is 9.31. The predicted molar refractivity (Wildman–Crippen MR) is 142 cm³/mol. The standard InChI is InChI=1S/C28H29N7O/c1-19(2)23-18-30-35-26(23)32-28(34-13-15-36-16-14-34)33-27(35)29-17-21-8-3-5-9-22(21)25-12-11-20-7-4-6-10-24(20)31-25/h3-12,18-19H,13-17H2,1-2H3,(H,29,32,33). The molecule has 4 heterocycles. The Morgan fingerprint density at radius 1 is 0.917 bits per heavy atom. The third-order valence-corrected chi connectivity index (χ3v) is 6.63. The molecule has 0 spiro atoms. The zero-order valence-corrected chi connectivity index (χ0v) is 20.6. The number of para-hydroxylation sites is 1. The molecular formula is C28H29N7O. The molecule has 3 aromatic heterocycles. The number of nitrogens with zero attached hydrogens (tertiary/aromatic N) is 6. The van der Waals surface area contributed by atoms with Crippen LogP contribution in [0.5, 0.6) is 0 Å². The Morgan fingerprint density at radius 2 is 1.72 bits per heavy atom. The number of anilines is 2. The van der Waals surface area contributed by atoms with Crippen LogP contribution in [-0.2, 0) is 11.3 Å². The van der Waals surface area contributed by atoms with Crippen molar-refractivity contribution in [3.8, 4) is 11.3 Å². The molecule has 1 N–H and O–H groups in total. The number of nitrogens with one attached hydrogen (secondary N) is 1. The van der Waals surface area contributed by atoms with Gasteiger partial charge in [-0.15, -0.1) is 0 Å². The van der Waals surface area contributed by atoms with Gasteiger partial charge in [-0.25, -0.2) is 4.98 Å². The minimum atomic E-state index is 0.308. The highest BCUT2D eigenvalue weighted by molar-refractivity contribution is 5.82. The summed E-state index contributed by atoms with van der Waals surface area (Å²) in [5.41, 5.74) is 6.12. The van der Waals surface area contributed by atoms with E-state index in [-0.39, 0.29) is 0 Å². The summed E-state index contributed by atoms with van der Waals surface area (Å²) in [5.74, 6) is 1.69. The monoisotopic (exact) mass is 479 g/mol. The van der Waals surface area contributed by atoms with Gasteiger partial charge in [0.1, 0.15) is 0 Å². The van der Waals surface area contributed by atoms with Gasteiger partial charge in [-0.2, -0.15) is 19.6 Å². The molecule has 0 aliphatic carbocycles. The van der Waals surface area contributed by atoms with Crippen LogP contribution in [0, 0.1) is 0 Å². The summed E-state index contributed by atoms with van der Waals surface area (Å²) >= 11 is 0. The lowest BCUT2D eigenvalue weighted by Gasteiger charge is -2.27. The summed E-state index contributed by atoms with van der Waals surface area (Å²) in [4.78, 5) is 16.9. The van der Waals surface area contributed by atoms with Gasteiger partial charge < -0.3 is 15.0 Å². The van der Waals surface area contributed by atoms with Gasteiger partial charge >= 0.3 is 0 Å². The maximum absolute atomic E-state index is 5.54. The molecule has 0 amide bonds. The number of hydrogen-bond acceptors (Lipinski definition) is 7. The van der Waals surface area contributed by atoms with Crippen LogP contribution in [-0.4, -0.2) is 50.9 Å². The van der Waals surface area contributed by atoms with Crippen molar-refractivity contribution >= 4 is 28.4 Å². The van der Waals surface area contributed by atoms with E-state index in [2.05, 4.69) is 77.7 Å². The number of hydrogen-bond donors (Lipinski definition) is 1. The number of fused-ring (bicyclic) bond motifs is 2. The molecule has 0 atom stereocenters. The highest BCUT2D eigenvalue weighted by Crippen LogP contribution is 2.27. The first kappa shape index (κ1) is 22.4. The van der Waals surface area contributed by atoms with E-state index < -0.39 is 0 Å². The maximum atomic E-state index is 5.54. The van der Waals surface area contributed by atoms with Gasteiger partial charge in [-0.05, 0) is 23.6 Å². The van der Waals surface area contributed by atoms with Crippen LogP contribution < -0.4 is 10.2 Å². The number of ether oxygens (including phenoxy) is 1. The van der Waals surface area contributed by atoms with Crippen molar-refractivity contribution in [2.24, 2.45) is 0 Å². The molecule has 182 valence electrons. The number of pyridine rings is 1. The number of morpholine rings is 1. The molecule has 5 aromatic rings. The van der Waals surface area contributed by atoms with Gasteiger partial charge in [0.2, 0.25) is 11.9 Å². The van der Waals surface area contributed by atoms with Crippen molar-refractivity contribution in [2.45, 2.75) is 26.3 Å². The molecule has 1 fully saturated rings. The van der Waals surface area contributed by atoms with Crippen LogP contribution in [0.2, 0.25) is 0 Å². The molecule has 8 nitrogen and oxygen atoms in total. The Bertz CT molecular complexity index is 1520. The first-order chi connectivity index (χ1) is 17.7. The van der Waals surface area contributed by atoms with E-state index in [1.807, 2.05) is 22.8 Å². The van der Waals surface area contributed by atoms with E-state index in [0.29, 0.717) is 37.6 Å². The van der Waals surface area contributed by atoms with E-state index in [4.69, 9.17) is 19.7 Å². The van der Waals surface area contributed by atoms with Gasteiger partial charge in [0.05, 0.1) is 30.6 Å². The Hall–Kier alpha value is -4.04. The average Bonchev–Trinajstić information content (AvgIpc) is 3.37. The highest BCUT2D eigenvalue weighted by atomic mass is 16.5. The van der Waals surface area contributed by atoms with E-state index in [1.54, 1.807) is 0 Å². The van der Waals surface area contributed by atoms with E-state index in [0.717, 1.165) is 52.0 Å². The van der Waals surface area contributed by atoms with E-state index >= 15 is 0 Å². The van der Waals surface area contributed by atoms with Crippen LogP contribution in [0.15, 0.2) is 66.9 Å². The fourth-order valence-electron chi connectivity index (χ4n) is 4.62. The fourth-order valence-corrected chi connectivity index (χ4v) is 4.62. The van der Waals surface area contributed by atoms with Gasteiger partial charge in [-0.1, -0.05) is 62.4 Å². The van der Waals surface area contributed by atoms with Crippen LogP contribution in [0.1, 0.15) is 30.9 Å². The number of rotatable bonds is 6. The molecule has 1 aliphatic rings. The fraction of sp³-hybridized carbons (Fsp3) is 0.286. The quantitative estimate of drug-likeness (QED) is 0.371. The Balaban J connectivity index is 1.36. The summed E-state index contributed by atoms with van der Waals surface area (Å²) in [6.07, 6.45) is 1.90. The molecule has 0 bridgehead atoms. The third kappa shape index (κ3) is 4.24. The molecule has 2 aromatic carbocycles. The van der Waals surface area contributed by atoms with Crippen molar-refractivity contribution in [2.75, 3.05) is 36.5 Å². The lowest BCUT2D eigenvalue weighted by molar-refractivity contribution is 0.122. The lowest BCUT2D eigenvalue weighted by atomic mass is 10.0. The van der Waals surface area contributed by atoms with Gasteiger partial charge in [0, 0.05) is 36.1 Å². The van der Waals surface area contributed by atoms with E-state index in [9.17, 15) is 0 Å². The zero-order chi connectivity index (χ0) is 24.5. The van der Waals surface area contributed by atoms with Crippen molar-refractivity contribution in [3.63, 3.8) is 0 Å². The molecule has 6 rings (SSSR count). The van der Waals surface area contributed by atoms with Crippen LogP contribution in [0.4, 0.5) is 11.9 Å². The summed E-state index contributed by atoms with van der Waals surface area (Å²) in [6, 6.07) is 20.8. The Kier molecular flexibility index (Phi) is 5.95. The maximum Gasteiger partial charge on any atom is 0.230 e. The average molecular weight is 480 g/mol. The summed E-state index contributed by atoms with van der Waals surface area (Å²) in [6.45, 7) is 7.81. The number of benzene rings is 2. The Morgan fingerprint density at radius 3 is 2.58 bits per heavy atom. The topological polar surface area (TPSA) is 80.5 Å². The van der Waals surface area contributed by atoms with Crippen molar-refractivity contribution < 1.29 is 4.74 Å². The highest BCUT2D eigenvalue weighted by Gasteiger charge is 2.20. The third-order valence-electron chi connectivity index (χ3n) is 6.63. The van der Waals surface area contributed by atoms with Crippen molar-refractivity contribution in [1.82, 2.24) is 24.6 Å². The smallest absolute Gasteiger partial charge is 0.230 e. The minimum Gasteiger partial charge on any atom is -0.378 e. The zero-order valence-electron chi connectivity index (χ0n) is 20.6. The van der Waals surface area contributed by atoms with E-state index in [1.165, 1.54) is 0 Å². The molecular weight excluding hydrogens is 450 g/mol. The van der Waals surface area contributed by atoms with Crippen molar-refractivity contribution in [3.05, 3.63) is 78.0 Å². The summed E-state index contributed by atoms with van der Waals surface area (Å²) < 4.78 is 7.35. The second-order valence-corrected chi connectivity index (χ2v) is 9.34. The molecule has 1 aliphatic heterocycles. The van der Waals surface area contributed by atoms with Crippen LogP contribution >= 0.6 is 0 Å². The normalized spacial score (nSPS) is 14.1. The lowest BCUT2D eigenvalue weighted by Crippen LogP contribution is -2.37. The largest absolute Gasteiger partial charge is 0.378 e. The molecule has 0 radical (unpaired) electrons. The molecule has 0 unspecified atom stereocenters.